The van der Waals surface area contributed by atoms with Gasteiger partial charge in [0, 0.05) is 12.2 Å². The fraction of sp³-hybridized carbons (Fsp3) is 0.348. The zero-order valence-electron chi connectivity index (χ0n) is 16.8. The Morgan fingerprint density at radius 3 is 2.57 bits per heavy atom. The zero-order chi connectivity index (χ0) is 20.9. The third-order valence-electron chi connectivity index (χ3n) is 6.59. The third kappa shape index (κ3) is 2.54. The maximum atomic E-state index is 13.9. The van der Waals surface area contributed by atoms with Crippen molar-refractivity contribution in [2.75, 3.05) is 23.5 Å². The lowest BCUT2D eigenvalue weighted by Crippen LogP contribution is -2.72. The highest BCUT2D eigenvalue weighted by molar-refractivity contribution is 6.30. The molecule has 3 aliphatic heterocycles. The molecular formula is C23H23N3O4. The van der Waals surface area contributed by atoms with Gasteiger partial charge in [-0.3, -0.25) is 14.9 Å². The van der Waals surface area contributed by atoms with E-state index < -0.39 is 23.3 Å². The van der Waals surface area contributed by atoms with E-state index in [9.17, 15) is 14.4 Å². The van der Waals surface area contributed by atoms with E-state index in [1.807, 2.05) is 18.2 Å². The van der Waals surface area contributed by atoms with Crippen LogP contribution in [0.15, 0.2) is 48.5 Å². The van der Waals surface area contributed by atoms with Gasteiger partial charge in [0.05, 0.1) is 18.8 Å². The van der Waals surface area contributed by atoms with Crippen molar-refractivity contribution in [2.24, 2.45) is 5.41 Å². The number of anilines is 2. The standard InChI is InChI=1S/C23H23N3O4/c1-30-17-11-9-16(10-12-17)26-21(28)23(20(27)24-22(26)29)14-15-6-2-3-7-18(15)25-13-5-4-8-19(23)25/h2-3,6-7,9-12,19H,4-5,8,13-14H2,1H3,(H,24,27,29)/t19-,23+/m1/s1. The maximum absolute atomic E-state index is 13.9. The number of methoxy groups -OCH3 is 1. The van der Waals surface area contributed by atoms with Crippen molar-refractivity contribution in [3.05, 3.63) is 54.1 Å². The van der Waals surface area contributed by atoms with Crippen LogP contribution in [0.2, 0.25) is 0 Å². The van der Waals surface area contributed by atoms with E-state index >= 15 is 0 Å². The van der Waals surface area contributed by atoms with Gasteiger partial charge in [-0.05, 0) is 61.6 Å². The van der Waals surface area contributed by atoms with E-state index in [-0.39, 0.29) is 12.5 Å². The molecule has 2 fully saturated rings. The molecule has 1 spiro atoms. The van der Waals surface area contributed by atoms with Gasteiger partial charge in [0.2, 0.25) is 5.91 Å². The summed E-state index contributed by atoms with van der Waals surface area (Å²) in [5.41, 5.74) is 1.14. The number of nitrogens with zero attached hydrogens (tertiary/aromatic N) is 2. The van der Waals surface area contributed by atoms with Crippen LogP contribution in [0.25, 0.3) is 0 Å². The van der Waals surface area contributed by atoms with E-state index in [2.05, 4.69) is 16.3 Å². The van der Waals surface area contributed by atoms with Crippen molar-refractivity contribution < 1.29 is 19.1 Å². The summed E-state index contributed by atoms with van der Waals surface area (Å²) >= 11 is 0. The smallest absolute Gasteiger partial charge is 0.335 e. The molecule has 0 saturated carbocycles. The Hall–Kier alpha value is -3.35. The van der Waals surface area contributed by atoms with Gasteiger partial charge < -0.3 is 9.64 Å². The predicted octanol–water partition coefficient (Wildman–Crippen LogP) is 2.88. The first kappa shape index (κ1) is 18.7. The van der Waals surface area contributed by atoms with Crippen LogP contribution in [0.4, 0.5) is 16.2 Å². The molecule has 2 aromatic carbocycles. The number of amides is 4. The molecule has 3 aliphatic rings. The molecule has 7 nitrogen and oxygen atoms in total. The fourth-order valence-corrected chi connectivity index (χ4v) is 5.16. The lowest BCUT2D eigenvalue weighted by molar-refractivity contribution is -0.145. The van der Waals surface area contributed by atoms with Crippen LogP contribution in [0.3, 0.4) is 0 Å². The summed E-state index contributed by atoms with van der Waals surface area (Å²) in [6, 6.07) is 13.7. The second-order valence-corrected chi connectivity index (χ2v) is 8.08. The highest BCUT2D eigenvalue weighted by atomic mass is 16.5. The minimum Gasteiger partial charge on any atom is -0.497 e. The van der Waals surface area contributed by atoms with Gasteiger partial charge in [-0.1, -0.05) is 18.2 Å². The van der Waals surface area contributed by atoms with Crippen molar-refractivity contribution >= 4 is 29.2 Å². The number of urea groups is 1. The average Bonchev–Trinajstić information content (AvgIpc) is 2.78. The summed E-state index contributed by atoms with van der Waals surface area (Å²) in [6.07, 6.45) is 2.98. The number of nitrogens with one attached hydrogen (secondary N) is 1. The maximum Gasteiger partial charge on any atom is 0.335 e. The van der Waals surface area contributed by atoms with Crippen molar-refractivity contribution in [3.8, 4) is 5.75 Å². The van der Waals surface area contributed by atoms with Crippen molar-refractivity contribution in [3.63, 3.8) is 0 Å². The molecular weight excluding hydrogens is 382 g/mol. The number of fused-ring (bicyclic) bond motifs is 4. The van der Waals surface area contributed by atoms with E-state index in [1.165, 1.54) is 0 Å². The summed E-state index contributed by atoms with van der Waals surface area (Å²) in [7, 11) is 1.55. The Labute approximate surface area is 174 Å². The number of para-hydroxylation sites is 1. The van der Waals surface area contributed by atoms with E-state index in [4.69, 9.17) is 4.74 Å². The number of piperidine rings is 1. The molecule has 1 N–H and O–H groups in total. The molecule has 0 aliphatic carbocycles. The first-order chi connectivity index (χ1) is 14.6. The van der Waals surface area contributed by atoms with E-state index in [1.54, 1.807) is 31.4 Å². The summed E-state index contributed by atoms with van der Waals surface area (Å²) < 4.78 is 5.18. The zero-order valence-corrected chi connectivity index (χ0v) is 16.8. The Balaban J connectivity index is 1.63. The molecule has 4 amide bonds. The van der Waals surface area contributed by atoms with Gasteiger partial charge in [0.1, 0.15) is 5.75 Å². The number of ether oxygens (including phenoxy) is 1. The number of imide groups is 2. The summed E-state index contributed by atoms with van der Waals surface area (Å²) in [5, 5.41) is 2.48. The highest BCUT2D eigenvalue weighted by Gasteiger charge is 2.62. The van der Waals surface area contributed by atoms with Crippen molar-refractivity contribution in [1.29, 1.82) is 0 Å². The number of barbiturate groups is 1. The molecule has 0 unspecified atom stereocenters. The van der Waals surface area contributed by atoms with Crippen LogP contribution in [0, 0.1) is 5.41 Å². The summed E-state index contributed by atoms with van der Waals surface area (Å²) in [6.45, 7) is 0.792. The van der Waals surface area contributed by atoms with Gasteiger partial charge in [-0.25, -0.2) is 9.69 Å². The van der Waals surface area contributed by atoms with Crippen LogP contribution < -0.4 is 19.9 Å². The molecule has 0 aromatic heterocycles. The average molecular weight is 405 g/mol. The monoisotopic (exact) mass is 405 g/mol. The Morgan fingerprint density at radius 2 is 1.80 bits per heavy atom. The van der Waals surface area contributed by atoms with E-state index in [0.29, 0.717) is 11.4 Å². The number of rotatable bonds is 2. The van der Waals surface area contributed by atoms with Crippen LogP contribution in [-0.4, -0.2) is 37.5 Å². The van der Waals surface area contributed by atoms with Gasteiger partial charge in [0.15, 0.2) is 5.41 Å². The lowest BCUT2D eigenvalue weighted by Gasteiger charge is -2.53. The fourth-order valence-electron chi connectivity index (χ4n) is 5.16. The third-order valence-corrected chi connectivity index (χ3v) is 6.59. The molecule has 5 rings (SSSR count). The number of carbonyl (C=O) groups excluding carboxylic acids is 3. The highest BCUT2D eigenvalue weighted by Crippen LogP contribution is 2.48. The number of carbonyl (C=O) groups is 3. The quantitative estimate of drug-likeness (QED) is 0.778. The second-order valence-electron chi connectivity index (χ2n) is 8.08. The molecule has 0 bridgehead atoms. The molecule has 2 aromatic rings. The van der Waals surface area contributed by atoms with Gasteiger partial charge >= 0.3 is 6.03 Å². The summed E-state index contributed by atoms with van der Waals surface area (Å²) in [4.78, 5) is 43.3. The SMILES string of the molecule is COc1ccc(N2C(=O)NC(=O)[C@@]3(Cc4ccccc4N4CCCC[C@@H]43)C2=O)cc1. The first-order valence-electron chi connectivity index (χ1n) is 10.2. The Morgan fingerprint density at radius 1 is 1.03 bits per heavy atom. The second kappa shape index (κ2) is 6.86. The lowest BCUT2D eigenvalue weighted by atomic mass is 9.66. The molecule has 0 radical (unpaired) electrons. The largest absolute Gasteiger partial charge is 0.497 e. The van der Waals surface area contributed by atoms with Crippen LogP contribution >= 0.6 is 0 Å². The van der Waals surface area contributed by atoms with Crippen LogP contribution in [-0.2, 0) is 16.0 Å². The Bertz CT molecular complexity index is 1030. The molecule has 30 heavy (non-hydrogen) atoms. The van der Waals surface area contributed by atoms with Crippen LogP contribution in [0.1, 0.15) is 24.8 Å². The van der Waals surface area contributed by atoms with Crippen molar-refractivity contribution in [2.45, 2.75) is 31.7 Å². The summed E-state index contributed by atoms with van der Waals surface area (Å²) in [5.74, 6) is -0.319. The minimum atomic E-state index is -1.33. The van der Waals surface area contributed by atoms with Crippen molar-refractivity contribution in [1.82, 2.24) is 5.32 Å². The molecule has 2 saturated heterocycles. The molecule has 154 valence electrons. The minimum absolute atomic E-state index is 0.275. The van der Waals surface area contributed by atoms with Gasteiger partial charge in [-0.15, -0.1) is 0 Å². The van der Waals surface area contributed by atoms with Crippen LogP contribution in [0.5, 0.6) is 5.75 Å². The molecule has 2 atom stereocenters. The number of hydrogen-bond donors (Lipinski definition) is 1. The molecule has 7 heteroatoms. The first-order valence-corrected chi connectivity index (χ1v) is 10.2. The number of benzene rings is 2. The Kier molecular flexibility index (Phi) is 4.27. The van der Waals surface area contributed by atoms with Gasteiger partial charge in [-0.2, -0.15) is 0 Å². The normalized spacial score (nSPS) is 25.6. The predicted molar refractivity (Wildman–Crippen MR) is 112 cm³/mol. The van der Waals surface area contributed by atoms with E-state index in [0.717, 1.165) is 42.0 Å². The van der Waals surface area contributed by atoms with Gasteiger partial charge in [0.25, 0.3) is 5.91 Å². The molecule has 3 heterocycles. The number of hydrogen-bond acceptors (Lipinski definition) is 5. The topological polar surface area (TPSA) is 79.0 Å².